The number of aromatic nitrogens is 2. The molecule has 0 fully saturated rings. The third kappa shape index (κ3) is 1.83. The summed E-state index contributed by atoms with van der Waals surface area (Å²) in [5.74, 6) is 1.13. The quantitative estimate of drug-likeness (QED) is 0.812. The number of aryl methyl sites for hydroxylation is 2. The van der Waals surface area contributed by atoms with Crippen LogP contribution in [0.5, 0.6) is 0 Å². The highest BCUT2D eigenvalue weighted by atomic mass is 16.3. The maximum atomic E-state index is 11.3. The number of nitrogens with zero attached hydrogens (tertiary/aromatic N) is 1. The van der Waals surface area contributed by atoms with Crippen LogP contribution < -0.4 is 5.56 Å². The zero-order chi connectivity index (χ0) is 10.8. The van der Waals surface area contributed by atoms with E-state index in [2.05, 4.69) is 9.97 Å². The van der Waals surface area contributed by atoms with Gasteiger partial charge in [0.1, 0.15) is 0 Å². The van der Waals surface area contributed by atoms with E-state index in [1.807, 2.05) is 19.9 Å². The lowest BCUT2D eigenvalue weighted by Gasteiger charge is -2.00. The normalized spacial score (nSPS) is 10.5. The molecular formula is C11H12N2O2. The molecule has 0 aliphatic rings. The number of rotatable bonds is 2. The lowest BCUT2D eigenvalue weighted by molar-refractivity contribution is 0.574. The first-order valence-electron chi connectivity index (χ1n) is 4.85. The Bertz CT molecular complexity index is 525. The van der Waals surface area contributed by atoms with Gasteiger partial charge >= 0.3 is 0 Å². The van der Waals surface area contributed by atoms with Crippen molar-refractivity contribution >= 4 is 0 Å². The molecule has 0 bridgehead atoms. The van der Waals surface area contributed by atoms with Gasteiger partial charge in [-0.15, -0.1) is 0 Å². The molecule has 78 valence electrons. The van der Waals surface area contributed by atoms with Crippen LogP contribution in [0.2, 0.25) is 0 Å². The minimum atomic E-state index is -0.146. The van der Waals surface area contributed by atoms with Gasteiger partial charge in [0.15, 0.2) is 11.6 Å². The number of nitrogens with one attached hydrogen (secondary N) is 1. The van der Waals surface area contributed by atoms with Gasteiger partial charge in [0, 0.05) is 11.8 Å². The molecule has 0 unspecified atom stereocenters. The van der Waals surface area contributed by atoms with Crippen LogP contribution >= 0.6 is 0 Å². The summed E-state index contributed by atoms with van der Waals surface area (Å²) in [5, 5.41) is 0. The molecule has 0 amide bonds. The minimum Gasteiger partial charge on any atom is -0.461 e. The van der Waals surface area contributed by atoms with Crippen molar-refractivity contribution in [2.75, 3.05) is 0 Å². The summed E-state index contributed by atoms with van der Waals surface area (Å²) in [5.41, 5.74) is 1.59. The van der Waals surface area contributed by atoms with Gasteiger partial charge < -0.3 is 9.40 Å². The summed E-state index contributed by atoms with van der Waals surface area (Å²) in [4.78, 5) is 18.3. The molecule has 2 aromatic heterocycles. The molecule has 2 heterocycles. The van der Waals surface area contributed by atoms with Crippen LogP contribution in [0.25, 0.3) is 11.6 Å². The van der Waals surface area contributed by atoms with Gasteiger partial charge in [0.05, 0.1) is 6.26 Å². The number of furan rings is 1. The first-order chi connectivity index (χ1) is 7.20. The zero-order valence-electron chi connectivity index (χ0n) is 8.70. The number of H-pyrrole nitrogens is 1. The van der Waals surface area contributed by atoms with Gasteiger partial charge in [-0.3, -0.25) is 4.79 Å². The van der Waals surface area contributed by atoms with Crippen molar-refractivity contribution in [1.82, 2.24) is 9.97 Å². The average molecular weight is 204 g/mol. The molecule has 1 N–H and O–H groups in total. The second-order valence-corrected chi connectivity index (χ2v) is 3.37. The zero-order valence-corrected chi connectivity index (χ0v) is 8.70. The summed E-state index contributed by atoms with van der Waals surface area (Å²) >= 11 is 0. The van der Waals surface area contributed by atoms with Crippen molar-refractivity contribution in [3.8, 4) is 11.6 Å². The lowest BCUT2D eigenvalue weighted by Crippen LogP contribution is -2.09. The van der Waals surface area contributed by atoms with E-state index in [1.165, 1.54) is 6.07 Å². The fourth-order valence-corrected chi connectivity index (χ4v) is 1.41. The van der Waals surface area contributed by atoms with E-state index < -0.39 is 0 Å². The van der Waals surface area contributed by atoms with Gasteiger partial charge in [0.25, 0.3) is 5.56 Å². The third-order valence-corrected chi connectivity index (χ3v) is 2.23. The molecule has 0 spiro atoms. The molecule has 0 atom stereocenters. The molecular weight excluding hydrogens is 192 g/mol. The maximum Gasteiger partial charge on any atom is 0.251 e. The van der Waals surface area contributed by atoms with Gasteiger partial charge in [-0.1, -0.05) is 6.92 Å². The van der Waals surface area contributed by atoms with Crippen molar-refractivity contribution < 1.29 is 4.42 Å². The Kier molecular flexibility index (Phi) is 2.41. The van der Waals surface area contributed by atoms with Crippen molar-refractivity contribution in [3.05, 3.63) is 40.0 Å². The first kappa shape index (κ1) is 9.71. The number of aromatic amines is 1. The first-order valence-corrected chi connectivity index (χ1v) is 4.85. The molecule has 4 heteroatoms. The number of hydrogen-bond donors (Lipinski definition) is 1. The summed E-state index contributed by atoms with van der Waals surface area (Å²) in [7, 11) is 0. The average Bonchev–Trinajstić information content (AvgIpc) is 2.63. The predicted molar refractivity (Wildman–Crippen MR) is 56.7 cm³/mol. The van der Waals surface area contributed by atoms with E-state index in [4.69, 9.17) is 4.42 Å². The van der Waals surface area contributed by atoms with E-state index in [-0.39, 0.29) is 5.56 Å². The summed E-state index contributed by atoms with van der Waals surface area (Å²) in [6.07, 6.45) is 2.32. The Morgan fingerprint density at radius 2 is 2.33 bits per heavy atom. The summed E-state index contributed by atoms with van der Waals surface area (Å²) < 4.78 is 5.27. The molecule has 0 aliphatic heterocycles. The van der Waals surface area contributed by atoms with E-state index in [0.717, 1.165) is 17.7 Å². The van der Waals surface area contributed by atoms with Crippen LogP contribution in [0.3, 0.4) is 0 Å². The van der Waals surface area contributed by atoms with Crippen molar-refractivity contribution in [1.29, 1.82) is 0 Å². The second kappa shape index (κ2) is 3.73. The number of hydrogen-bond acceptors (Lipinski definition) is 3. The Morgan fingerprint density at radius 1 is 1.53 bits per heavy atom. The third-order valence-electron chi connectivity index (χ3n) is 2.23. The van der Waals surface area contributed by atoms with Crippen LogP contribution in [0.4, 0.5) is 0 Å². The molecule has 15 heavy (non-hydrogen) atoms. The van der Waals surface area contributed by atoms with Gasteiger partial charge in [-0.25, -0.2) is 4.98 Å². The molecule has 0 aromatic carbocycles. The van der Waals surface area contributed by atoms with E-state index in [0.29, 0.717) is 11.6 Å². The smallest absolute Gasteiger partial charge is 0.251 e. The highest BCUT2D eigenvalue weighted by molar-refractivity contribution is 5.51. The topological polar surface area (TPSA) is 58.9 Å². The van der Waals surface area contributed by atoms with Crippen LogP contribution in [0.1, 0.15) is 18.2 Å². The maximum absolute atomic E-state index is 11.3. The van der Waals surface area contributed by atoms with Gasteiger partial charge in [-0.05, 0) is 25.0 Å². The van der Waals surface area contributed by atoms with Crippen LogP contribution in [-0.4, -0.2) is 9.97 Å². The molecule has 0 saturated heterocycles. The van der Waals surface area contributed by atoms with E-state index >= 15 is 0 Å². The van der Waals surface area contributed by atoms with Crippen LogP contribution in [0.15, 0.2) is 27.6 Å². The van der Waals surface area contributed by atoms with Crippen LogP contribution in [-0.2, 0) is 6.42 Å². The SMILES string of the molecule is CCc1cc(=O)[nH]c(-c2occc2C)n1. The van der Waals surface area contributed by atoms with Gasteiger partial charge in [-0.2, -0.15) is 0 Å². The Labute approximate surface area is 87.0 Å². The molecule has 4 nitrogen and oxygen atoms in total. The standard InChI is InChI=1S/C11H12N2O2/c1-3-8-6-9(14)13-11(12-8)10-7(2)4-5-15-10/h4-6H,3H2,1-2H3,(H,12,13,14). The van der Waals surface area contributed by atoms with E-state index in [1.54, 1.807) is 6.26 Å². The van der Waals surface area contributed by atoms with Crippen molar-refractivity contribution in [2.24, 2.45) is 0 Å². The fraction of sp³-hybridized carbons (Fsp3) is 0.273. The van der Waals surface area contributed by atoms with E-state index in [9.17, 15) is 4.79 Å². The highest BCUT2D eigenvalue weighted by Crippen LogP contribution is 2.19. The largest absolute Gasteiger partial charge is 0.461 e. The monoisotopic (exact) mass is 204 g/mol. The molecule has 0 aliphatic carbocycles. The fourth-order valence-electron chi connectivity index (χ4n) is 1.41. The van der Waals surface area contributed by atoms with Crippen molar-refractivity contribution in [2.45, 2.75) is 20.3 Å². The lowest BCUT2D eigenvalue weighted by atomic mass is 10.2. The Hall–Kier alpha value is -1.84. The van der Waals surface area contributed by atoms with Crippen LogP contribution in [0, 0.1) is 6.92 Å². The van der Waals surface area contributed by atoms with Gasteiger partial charge in [0.2, 0.25) is 0 Å². The minimum absolute atomic E-state index is 0.146. The summed E-state index contributed by atoms with van der Waals surface area (Å²) in [6.45, 7) is 3.87. The predicted octanol–water partition coefficient (Wildman–Crippen LogP) is 1.90. The molecule has 2 rings (SSSR count). The van der Waals surface area contributed by atoms with Crippen molar-refractivity contribution in [3.63, 3.8) is 0 Å². The molecule has 0 saturated carbocycles. The highest BCUT2D eigenvalue weighted by Gasteiger charge is 2.08. The molecule has 2 aromatic rings. The summed E-state index contributed by atoms with van der Waals surface area (Å²) in [6, 6.07) is 3.34. The second-order valence-electron chi connectivity index (χ2n) is 3.37. The Balaban J connectivity index is 2.58. The molecule has 0 radical (unpaired) electrons. The Morgan fingerprint density at radius 3 is 2.93 bits per heavy atom.